The lowest BCUT2D eigenvalue weighted by atomic mass is 9.96. The van der Waals surface area contributed by atoms with Gasteiger partial charge in [0.2, 0.25) is 5.82 Å². The van der Waals surface area contributed by atoms with Crippen LogP contribution in [0.2, 0.25) is 0 Å². The van der Waals surface area contributed by atoms with E-state index in [1.807, 2.05) is 67.6 Å². The number of nitrogens with zero attached hydrogens (tertiary/aromatic N) is 3. The molecule has 7 heteroatoms. The van der Waals surface area contributed by atoms with Gasteiger partial charge in [0.15, 0.2) is 5.82 Å². The summed E-state index contributed by atoms with van der Waals surface area (Å²) in [4.78, 5) is 17.4. The Hall–Kier alpha value is -2.70. The molecular weight excluding hydrogens is 374 g/mol. The Balaban J connectivity index is 0.00000225. The Morgan fingerprint density at radius 1 is 1.14 bits per heavy atom. The van der Waals surface area contributed by atoms with E-state index in [-0.39, 0.29) is 24.1 Å². The number of hydrogen-bond donors (Lipinski definition) is 2. The minimum absolute atomic E-state index is 0. The SMILES string of the molecule is CC(CN)(NC(=O)c1nc(-c2ccccc2)n(-c2ccccc2)n1)C1CC1.Cl. The fraction of sp³-hybridized carbons (Fsp3) is 0.286. The largest absolute Gasteiger partial charge is 0.343 e. The van der Waals surface area contributed by atoms with Crippen LogP contribution in [-0.4, -0.2) is 32.8 Å². The average molecular weight is 398 g/mol. The van der Waals surface area contributed by atoms with Crippen LogP contribution in [0.15, 0.2) is 60.7 Å². The van der Waals surface area contributed by atoms with Crippen molar-refractivity contribution in [2.75, 3.05) is 6.54 Å². The summed E-state index contributed by atoms with van der Waals surface area (Å²) in [7, 11) is 0. The van der Waals surface area contributed by atoms with Crippen molar-refractivity contribution >= 4 is 18.3 Å². The molecule has 1 aliphatic carbocycles. The summed E-state index contributed by atoms with van der Waals surface area (Å²) in [5.41, 5.74) is 7.27. The summed E-state index contributed by atoms with van der Waals surface area (Å²) in [5, 5.41) is 7.57. The van der Waals surface area contributed by atoms with Gasteiger partial charge in [-0.05, 0) is 37.8 Å². The van der Waals surface area contributed by atoms with Crippen molar-refractivity contribution in [3.05, 3.63) is 66.5 Å². The summed E-state index contributed by atoms with van der Waals surface area (Å²) in [6.07, 6.45) is 2.18. The number of amides is 1. The fourth-order valence-electron chi connectivity index (χ4n) is 3.29. The highest BCUT2D eigenvalue weighted by Gasteiger charge is 2.42. The minimum atomic E-state index is -0.414. The summed E-state index contributed by atoms with van der Waals surface area (Å²) in [6, 6.07) is 19.4. The van der Waals surface area contributed by atoms with Gasteiger partial charge < -0.3 is 11.1 Å². The normalized spacial score (nSPS) is 15.4. The predicted molar refractivity (Wildman–Crippen MR) is 112 cm³/mol. The second-order valence-corrected chi connectivity index (χ2v) is 7.22. The maximum Gasteiger partial charge on any atom is 0.291 e. The first-order chi connectivity index (χ1) is 13.1. The molecule has 3 N–H and O–H groups in total. The van der Waals surface area contributed by atoms with E-state index >= 15 is 0 Å². The molecule has 0 bridgehead atoms. The van der Waals surface area contributed by atoms with Gasteiger partial charge in [0.25, 0.3) is 5.91 Å². The third-order valence-electron chi connectivity index (χ3n) is 5.14. The molecule has 1 fully saturated rings. The van der Waals surface area contributed by atoms with Gasteiger partial charge in [-0.25, -0.2) is 9.67 Å². The standard InChI is InChI=1S/C21H23N5O.ClH/c1-21(14-22,16-12-13-16)24-20(27)18-23-19(15-8-4-2-5-9-15)26(25-18)17-10-6-3-7-11-17;/h2-11,16H,12-14,22H2,1H3,(H,24,27);1H. The van der Waals surface area contributed by atoms with Crippen molar-refractivity contribution in [3.63, 3.8) is 0 Å². The number of benzene rings is 2. The molecule has 3 aromatic rings. The summed E-state index contributed by atoms with van der Waals surface area (Å²) >= 11 is 0. The van der Waals surface area contributed by atoms with Crippen molar-refractivity contribution in [2.45, 2.75) is 25.3 Å². The summed E-state index contributed by atoms with van der Waals surface area (Å²) in [5.74, 6) is 0.920. The van der Waals surface area contributed by atoms with E-state index < -0.39 is 5.54 Å². The topological polar surface area (TPSA) is 85.8 Å². The molecule has 1 unspecified atom stereocenters. The van der Waals surface area contributed by atoms with Gasteiger partial charge in [-0.15, -0.1) is 17.5 Å². The van der Waals surface area contributed by atoms with Gasteiger partial charge in [0.05, 0.1) is 11.2 Å². The molecule has 1 heterocycles. The van der Waals surface area contributed by atoms with Gasteiger partial charge in [-0.3, -0.25) is 4.79 Å². The molecule has 2 aromatic carbocycles. The zero-order valence-corrected chi connectivity index (χ0v) is 16.5. The lowest BCUT2D eigenvalue weighted by Crippen LogP contribution is -2.53. The highest BCUT2D eigenvalue weighted by atomic mass is 35.5. The number of carbonyl (C=O) groups is 1. The predicted octanol–water partition coefficient (Wildman–Crippen LogP) is 3.21. The van der Waals surface area contributed by atoms with E-state index in [9.17, 15) is 4.79 Å². The zero-order valence-electron chi connectivity index (χ0n) is 15.7. The smallest absolute Gasteiger partial charge is 0.291 e. The van der Waals surface area contributed by atoms with Crippen LogP contribution in [0.3, 0.4) is 0 Å². The number of nitrogens with two attached hydrogens (primary N) is 1. The zero-order chi connectivity index (χ0) is 18.9. The molecule has 0 saturated heterocycles. The van der Waals surface area contributed by atoms with Gasteiger partial charge in [0, 0.05) is 12.1 Å². The summed E-state index contributed by atoms with van der Waals surface area (Å²) < 4.78 is 1.71. The Bertz CT molecular complexity index is 883. The first kappa shape index (κ1) is 20.0. The molecule has 1 amide bonds. The molecule has 1 aliphatic rings. The molecule has 0 aliphatic heterocycles. The average Bonchev–Trinajstić information content (AvgIpc) is 3.48. The van der Waals surface area contributed by atoms with Crippen LogP contribution < -0.4 is 11.1 Å². The lowest BCUT2D eigenvalue weighted by Gasteiger charge is -2.28. The molecule has 28 heavy (non-hydrogen) atoms. The van der Waals surface area contributed by atoms with E-state index in [0.29, 0.717) is 18.3 Å². The third kappa shape index (κ3) is 3.93. The second kappa shape index (κ2) is 8.12. The molecule has 0 radical (unpaired) electrons. The van der Waals surface area contributed by atoms with Crippen molar-refractivity contribution < 1.29 is 4.79 Å². The molecule has 0 spiro atoms. The van der Waals surface area contributed by atoms with Crippen molar-refractivity contribution in [2.24, 2.45) is 11.7 Å². The van der Waals surface area contributed by atoms with Gasteiger partial charge >= 0.3 is 0 Å². The molecular formula is C21H24ClN5O. The molecule has 6 nitrogen and oxygen atoms in total. The monoisotopic (exact) mass is 397 g/mol. The van der Waals surface area contributed by atoms with Crippen molar-refractivity contribution in [1.29, 1.82) is 0 Å². The van der Waals surface area contributed by atoms with Crippen molar-refractivity contribution in [3.8, 4) is 17.1 Å². The second-order valence-electron chi connectivity index (χ2n) is 7.22. The Morgan fingerprint density at radius 2 is 1.75 bits per heavy atom. The van der Waals surface area contributed by atoms with Crippen LogP contribution in [-0.2, 0) is 0 Å². The number of halogens is 1. The quantitative estimate of drug-likeness (QED) is 0.668. The first-order valence-corrected chi connectivity index (χ1v) is 9.21. The Labute approximate surface area is 170 Å². The van der Waals surface area contributed by atoms with E-state index in [0.717, 1.165) is 24.1 Å². The fourth-order valence-corrected chi connectivity index (χ4v) is 3.29. The highest BCUT2D eigenvalue weighted by Crippen LogP contribution is 2.39. The molecule has 1 atom stereocenters. The molecule has 1 aromatic heterocycles. The van der Waals surface area contributed by atoms with Crippen molar-refractivity contribution in [1.82, 2.24) is 20.1 Å². The van der Waals surface area contributed by atoms with Crippen LogP contribution >= 0.6 is 12.4 Å². The number of para-hydroxylation sites is 1. The number of carbonyl (C=O) groups excluding carboxylic acids is 1. The van der Waals surface area contributed by atoms with E-state index in [4.69, 9.17) is 5.73 Å². The first-order valence-electron chi connectivity index (χ1n) is 9.21. The molecule has 1 saturated carbocycles. The minimum Gasteiger partial charge on any atom is -0.343 e. The van der Waals surface area contributed by atoms with Crippen LogP contribution in [0.5, 0.6) is 0 Å². The Morgan fingerprint density at radius 3 is 2.32 bits per heavy atom. The van der Waals surface area contributed by atoms with Crippen LogP contribution in [0.4, 0.5) is 0 Å². The number of nitrogens with one attached hydrogen (secondary N) is 1. The third-order valence-corrected chi connectivity index (χ3v) is 5.14. The van der Waals surface area contributed by atoms with Gasteiger partial charge in [-0.1, -0.05) is 48.5 Å². The van der Waals surface area contributed by atoms with Crippen LogP contribution in [0.25, 0.3) is 17.1 Å². The number of rotatable bonds is 6. The lowest BCUT2D eigenvalue weighted by molar-refractivity contribution is 0.0887. The highest BCUT2D eigenvalue weighted by molar-refractivity contribution is 5.91. The number of aromatic nitrogens is 3. The molecule has 146 valence electrons. The number of hydrogen-bond acceptors (Lipinski definition) is 4. The maximum atomic E-state index is 12.9. The van der Waals surface area contributed by atoms with Gasteiger partial charge in [0.1, 0.15) is 0 Å². The van der Waals surface area contributed by atoms with E-state index in [2.05, 4.69) is 15.4 Å². The van der Waals surface area contributed by atoms with Gasteiger partial charge in [-0.2, -0.15) is 0 Å². The Kier molecular flexibility index (Phi) is 5.82. The van der Waals surface area contributed by atoms with E-state index in [1.54, 1.807) is 4.68 Å². The molecule has 4 rings (SSSR count). The van der Waals surface area contributed by atoms with Crippen LogP contribution in [0, 0.1) is 5.92 Å². The summed E-state index contributed by atoms with van der Waals surface area (Å²) in [6.45, 7) is 2.39. The van der Waals surface area contributed by atoms with Crippen LogP contribution in [0.1, 0.15) is 30.4 Å². The maximum absolute atomic E-state index is 12.9. The van der Waals surface area contributed by atoms with E-state index in [1.165, 1.54) is 0 Å².